The monoisotopic (exact) mass is 320 g/mol. The second-order valence-electron chi connectivity index (χ2n) is 5.56. The van der Waals surface area contributed by atoms with Gasteiger partial charge in [0.15, 0.2) is 11.5 Å². The van der Waals surface area contributed by atoms with Crippen LogP contribution in [0.2, 0.25) is 0 Å². The summed E-state index contributed by atoms with van der Waals surface area (Å²) < 4.78 is 10.4. The van der Waals surface area contributed by atoms with Gasteiger partial charge in [-0.25, -0.2) is 4.79 Å². The number of phenolic OH excluding ortho intramolecular Hbond substituents is 2. The van der Waals surface area contributed by atoms with Crippen LogP contribution in [0, 0.1) is 0 Å². The third kappa shape index (κ3) is 5.32. The van der Waals surface area contributed by atoms with Gasteiger partial charge in [0.25, 0.3) is 0 Å². The molecule has 6 nitrogen and oxygen atoms in total. The van der Waals surface area contributed by atoms with Gasteiger partial charge in [0, 0.05) is 25.3 Å². The van der Waals surface area contributed by atoms with Gasteiger partial charge < -0.3 is 19.7 Å². The zero-order chi connectivity index (χ0) is 16.8. The SMILES string of the molecule is C[C@H](C[C@H]1CC=CC(=O)O1)OC(=O)CCc1ccc(O)c(O)c1. The third-order valence-corrected chi connectivity index (χ3v) is 3.52. The molecule has 0 radical (unpaired) electrons. The van der Waals surface area contributed by atoms with Crippen molar-refractivity contribution in [2.24, 2.45) is 0 Å². The van der Waals surface area contributed by atoms with E-state index in [9.17, 15) is 19.8 Å². The lowest BCUT2D eigenvalue weighted by Gasteiger charge is -2.22. The van der Waals surface area contributed by atoms with Crippen LogP contribution in [0.15, 0.2) is 30.4 Å². The molecule has 2 rings (SSSR count). The maximum Gasteiger partial charge on any atom is 0.330 e. The highest BCUT2D eigenvalue weighted by atomic mass is 16.6. The number of aromatic hydroxyl groups is 2. The summed E-state index contributed by atoms with van der Waals surface area (Å²) in [4.78, 5) is 23.0. The van der Waals surface area contributed by atoms with E-state index in [4.69, 9.17) is 9.47 Å². The predicted octanol–water partition coefficient (Wildman–Crippen LogP) is 2.22. The Morgan fingerprint density at radius 2 is 2.17 bits per heavy atom. The van der Waals surface area contributed by atoms with Gasteiger partial charge in [-0.05, 0) is 31.0 Å². The van der Waals surface area contributed by atoms with Crippen LogP contribution >= 0.6 is 0 Å². The summed E-state index contributed by atoms with van der Waals surface area (Å²) in [5.74, 6) is -1.13. The van der Waals surface area contributed by atoms with Crippen LogP contribution in [0.3, 0.4) is 0 Å². The van der Waals surface area contributed by atoms with Crippen molar-refractivity contribution in [3.8, 4) is 11.5 Å². The number of ether oxygens (including phenoxy) is 2. The fourth-order valence-corrected chi connectivity index (χ4v) is 2.38. The minimum atomic E-state index is -0.369. The number of esters is 2. The smallest absolute Gasteiger partial charge is 0.330 e. The van der Waals surface area contributed by atoms with Gasteiger partial charge in [-0.2, -0.15) is 0 Å². The summed E-state index contributed by atoms with van der Waals surface area (Å²) in [6, 6.07) is 4.43. The summed E-state index contributed by atoms with van der Waals surface area (Å²) in [7, 11) is 0. The molecule has 0 spiro atoms. The number of phenols is 2. The zero-order valence-corrected chi connectivity index (χ0v) is 12.9. The molecule has 2 atom stereocenters. The quantitative estimate of drug-likeness (QED) is 0.617. The van der Waals surface area contributed by atoms with Crippen molar-refractivity contribution in [3.63, 3.8) is 0 Å². The van der Waals surface area contributed by atoms with Crippen molar-refractivity contribution >= 4 is 11.9 Å². The Kier molecular flexibility index (Phi) is 5.62. The molecule has 1 aliphatic heterocycles. The van der Waals surface area contributed by atoms with Gasteiger partial charge >= 0.3 is 11.9 Å². The van der Waals surface area contributed by atoms with Crippen molar-refractivity contribution in [1.29, 1.82) is 0 Å². The fraction of sp³-hybridized carbons (Fsp3) is 0.412. The first-order chi connectivity index (χ1) is 10.9. The number of rotatable bonds is 6. The number of benzene rings is 1. The van der Waals surface area contributed by atoms with E-state index >= 15 is 0 Å². The Bertz CT molecular complexity index is 607. The number of cyclic esters (lactones) is 1. The Balaban J connectivity index is 1.74. The summed E-state index contributed by atoms with van der Waals surface area (Å²) in [6.07, 6.45) is 4.19. The molecule has 0 aliphatic carbocycles. The predicted molar refractivity (Wildman–Crippen MR) is 81.9 cm³/mol. The van der Waals surface area contributed by atoms with Gasteiger partial charge in [0.05, 0.1) is 0 Å². The van der Waals surface area contributed by atoms with Crippen LogP contribution < -0.4 is 0 Å². The molecule has 124 valence electrons. The van der Waals surface area contributed by atoms with E-state index in [0.717, 1.165) is 5.56 Å². The average molecular weight is 320 g/mol. The molecule has 6 heteroatoms. The van der Waals surface area contributed by atoms with E-state index in [1.165, 1.54) is 18.2 Å². The molecule has 1 aromatic carbocycles. The first kappa shape index (κ1) is 16.9. The fourth-order valence-electron chi connectivity index (χ4n) is 2.38. The molecule has 0 fully saturated rings. The van der Waals surface area contributed by atoms with Crippen LogP contribution in [-0.4, -0.2) is 34.4 Å². The molecular weight excluding hydrogens is 300 g/mol. The summed E-state index contributed by atoms with van der Waals surface area (Å²) in [5, 5.41) is 18.6. The highest BCUT2D eigenvalue weighted by Gasteiger charge is 2.20. The largest absolute Gasteiger partial charge is 0.504 e. The number of hydrogen-bond acceptors (Lipinski definition) is 6. The van der Waals surface area contributed by atoms with Crippen molar-refractivity contribution in [1.82, 2.24) is 0 Å². The molecule has 0 amide bonds. The first-order valence-electron chi connectivity index (χ1n) is 7.51. The van der Waals surface area contributed by atoms with Crippen LogP contribution in [0.4, 0.5) is 0 Å². The van der Waals surface area contributed by atoms with E-state index in [0.29, 0.717) is 19.3 Å². The summed E-state index contributed by atoms with van der Waals surface area (Å²) >= 11 is 0. The number of hydrogen-bond donors (Lipinski definition) is 2. The van der Waals surface area contributed by atoms with E-state index in [1.54, 1.807) is 19.1 Å². The molecule has 23 heavy (non-hydrogen) atoms. The number of aryl methyl sites for hydroxylation is 1. The van der Waals surface area contributed by atoms with Gasteiger partial charge in [-0.3, -0.25) is 4.79 Å². The van der Waals surface area contributed by atoms with Gasteiger partial charge in [-0.1, -0.05) is 12.1 Å². The van der Waals surface area contributed by atoms with E-state index in [-0.39, 0.29) is 42.1 Å². The zero-order valence-electron chi connectivity index (χ0n) is 12.9. The van der Waals surface area contributed by atoms with Gasteiger partial charge in [0.1, 0.15) is 12.2 Å². The molecule has 0 aromatic heterocycles. The van der Waals surface area contributed by atoms with Gasteiger partial charge in [0.2, 0.25) is 0 Å². The molecule has 0 bridgehead atoms. The second-order valence-corrected chi connectivity index (χ2v) is 5.56. The van der Waals surface area contributed by atoms with E-state index < -0.39 is 0 Å². The molecule has 2 N–H and O–H groups in total. The maximum absolute atomic E-state index is 11.8. The molecule has 1 heterocycles. The molecular formula is C17H20O6. The molecule has 0 saturated heterocycles. The second kappa shape index (κ2) is 7.67. The van der Waals surface area contributed by atoms with E-state index in [1.807, 2.05) is 0 Å². The van der Waals surface area contributed by atoms with Crippen LogP contribution in [-0.2, 0) is 25.5 Å². The number of carbonyl (C=O) groups excluding carboxylic acids is 2. The third-order valence-electron chi connectivity index (χ3n) is 3.52. The average Bonchev–Trinajstić information content (AvgIpc) is 2.48. The van der Waals surface area contributed by atoms with Gasteiger partial charge in [-0.15, -0.1) is 0 Å². The topological polar surface area (TPSA) is 93.1 Å². The highest BCUT2D eigenvalue weighted by molar-refractivity contribution is 5.82. The Morgan fingerprint density at radius 1 is 1.39 bits per heavy atom. The van der Waals surface area contributed by atoms with E-state index in [2.05, 4.69) is 0 Å². The molecule has 1 aromatic rings. The minimum Gasteiger partial charge on any atom is -0.504 e. The molecule has 1 aliphatic rings. The first-order valence-corrected chi connectivity index (χ1v) is 7.51. The standard InChI is InChI=1S/C17H20O6/c1-11(9-13-3-2-4-16(20)23-13)22-17(21)8-6-12-5-7-14(18)15(19)10-12/h2,4-5,7,10-11,13,18-19H,3,6,8-9H2,1H3/t11-,13-/m1/s1. The summed E-state index contributed by atoms with van der Waals surface area (Å²) in [5.41, 5.74) is 0.733. The van der Waals surface area contributed by atoms with Crippen molar-refractivity contribution in [2.45, 2.75) is 44.8 Å². The Hall–Kier alpha value is -2.50. The van der Waals surface area contributed by atoms with Crippen molar-refractivity contribution < 1.29 is 29.3 Å². The normalized spacial score (nSPS) is 18.3. The van der Waals surface area contributed by atoms with Crippen LogP contribution in [0.25, 0.3) is 0 Å². The van der Waals surface area contributed by atoms with Crippen LogP contribution in [0.5, 0.6) is 11.5 Å². The highest BCUT2D eigenvalue weighted by Crippen LogP contribution is 2.25. The van der Waals surface area contributed by atoms with Crippen molar-refractivity contribution in [3.05, 3.63) is 35.9 Å². The maximum atomic E-state index is 11.8. The molecule has 0 saturated carbocycles. The lowest BCUT2D eigenvalue weighted by molar-refractivity contribution is -0.152. The lowest BCUT2D eigenvalue weighted by Crippen LogP contribution is -2.26. The summed E-state index contributed by atoms with van der Waals surface area (Å²) in [6.45, 7) is 1.76. The molecule has 0 unspecified atom stereocenters. The lowest BCUT2D eigenvalue weighted by atomic mass is 10.1. The Labute approximate surface area is 134 Å². The van der Waals surface area contributed by atoms with Crippen LogP contribution in [0.1, 0.15) is 31.7 Å². The Morgan fingerprint density at radius 3 is 2.87 bits per heavy atom. The number of carbonyl (C=O) groups is 2. The van der Waals surface area contributed by atoms with Crippen molar-refractivity contribution in [2.75, 3.05) is 0 Å². The minimum absolute atomic E-state index is 0.166.